The van der Waals surface area contributed by atoms with Gasteiger partial charge < -0.3 is 5.32 Å². The van der Waals surface area contributed by atoms with Crippen molar-refractivity contribution in [1.29, 1.82) is 0 Å². The summed E-state index contributed by atoms with van der Waals surface area (Å²) in [5.74, 6) is 0. The predicted octanol–water partition coefficient (Wildman–Crippen LogP) is 1.30. The van der Waals surface area contributed by atoms with Gasteiger partial charge in [-0.25, -0.2) is 0 Å². The predicted molar refractivity (Wildman–Crippen MR) is 33.0 cm³/mol. The van der Waals surface area contributed by atoms with Crippen molar-refractivity contribution in [3.63, 3.8) is 0 Å². The van der Waals surface area contributed by atoms with Gasteiger partial charge in [-0.05, 0) is 19.2 Å². The Morgan fingerprint density at radius 3 is 2.43 bits per heavy atom. The van der Waals surface area contributed by atoms with Gasteiger partial charge in [-0.15, -0.1) is 0 Å². The third-order valence-corrected chi connectivity index (χ3v) is 0.566. The van der Waals surface area contributed by atoms with E-state index in [0.29, 0.717) is 0 Å². The van der Waals surface area contributed by atoms with E-state index in [0.717, 1.165) is 0 Å². The number of allylic oxidation sites excluding steroid dienone is 3. The average molecular weight is 97.2 g/mol. The van der Waals surface area contributed by atoms with Gasteiger partial charge in [0.25, 0.3) is 0 Å². The standard InChI is InChI=1S/C6H11N/c1-3-4-5-6-7-2/h3-7H,1-2H3/b4-3?,6-5-. The maximum atomic E-state index is 2.87. The highest BCUT2D eigenvalue weighted by atomic mass is 14.8. The zero-order valence-electron chi connectivity index (χ0n) is 4.81. The summed E-state index contributed by atoms with van der Waals surface area (Å²) in [6.45, 7) is 1.99. The number of hydrogen-bond donors (Lipinski definition) is 1. The highest BCUT2D eigenvalue weighted by Gasteiger charge is 1.54. The highest BCUT2D eigenvalue weighted by molar-refractivity contribution is 4.99. The zero-order valence-corrected chi connectivity index (χ0v) is 4.81. The quantitative estimate of drug-likeness (QED) is 0.512. The third-order valence-electron chi connectivity index (χ3n) is 0.566. The maximum absolute atomic E-state index is 2.87. The van der Waals surface area contributed by atoms with E-state index in [9.17, 15) is 0 Å². The molecule has 0 aromatic carbocycles. The fourth-order valence-corrected chi connectivity index (χ4v) is 0.263. The summed E-state index contributed by atoms with van der Waals surface area (Å²) in [5, 5.41) is 2.87. The third kappa shape index (κ3) is 5.28. The molecule has 0 aromatic heterocycles. The van der Waals surface area contributed by atoms with Gasteiger partial charge in [0, 0.05) is 7.05 Å². The van der Waals surface area contributed by atoms with Crippen molar-refractivity contribution < 1.29 is 0 Å². The highest BCUT2D eigenvalue weighted by Crippen LogP contribution is 1.69. The van der Waals surface area contributed by atoms with Gasteiger partial charge in [-0.1, -0.05) is 12.2 Å². The van der Waals surface area contributed by atoms with Gasteiger partial charge >= 0.3 is 0 Å². The summed E-state index contributed by atoms with van der Waals surface area (Å²) in [6, 6.07) is 0. The Hall–Kier alpha value is -0.720. The lowest BCUT2D eigenvalue weighted by atomic mass is 10.5. The van der Waals surface area contributed by atoms with Crippen LogP contribution < -0.4 is 5.32 Å². The van der Waals surface area contributed by atoms with Crippen LogP contribution in [0.4, 0.5) is 0 Å². The van der Waals surface area contributed by atoms with E-state index >= 15 is 0 Å². The van der Waals surface area contributed by atoms with Crippen molar-refractivity contribution >= 4 is 0 Å². The van der Waals surface area contributed by atoms with E-state index in [1.807, 2.05) is 38.4 Å². The molecular formula is C6H11N. The molecule has 0 aliphatic carbocycles. The molecule has 0 spiro atoms. The van der Waals surface area contributed by atoms with Crippen molar-refractivity contribution in [3.05, 3.63) is 24.4 Å². The first-order valence-corrected chi connectivity index (χ1v) is 2.37. The fraction of sp³-hybridized carbons (Fsp3) is 0.333. The van der Waals surface area contributed by atoms with Crippen molar-refractivity contribution in [1.82, 2.24) is 5.32 Å². The molecule has 40 valence electrons. The van der Waals surface area contributed by atoms with Crippen LogP contribution in [0.3, 0.4) is 0 Å². The molecule has 0 rings (SSSR count). The molecule has 0 radical (unpaired) electrons. The molecule has 0 amide bonds. The topological polar surface area (TPSA) is 12.0 Å². The second-order valence-corrected chi connectivity index (χ2v) is 1.17. The van der Waals surface area contributed by atoms with Gasteiger partial charge in [-0.2, -0.15) is 0 Å². The van der Waals surface area contributed by atoms with Crippen LogP contribution in [-0.4, -0.2) is 7.05 Å². The molecule has 7 heavy (non-hydrogen) atoms. The van der Waals surface area contributed by atoms with E-state index in [-0.39, 0.29) is 0 Å². The second kappa shape index (κ2) is 5.28. The fourth-order valence-electron chi connectivity index (χ4n) is 0.263. The van der Waals surface area contributed by atoms with E-state index in [2.05, 4.69) is 5.32 Å². The Morgan fingerprint density at radius 2 is 2.00 bits per heavy atom. The summed E-state index contributed by atoms with van der Waals surface area (Å²) in [4.78, 5) is 0. The number of nitrogens with one attached hydrogen (secondary N) is 1. The molecular weight excluding hydrogens is 86.1 g/mol. The monoisotopic (exact) mass is 97.1 g/mol. The lowest BCUT2D eigenvalue weighted by molar-refractivity contribution is 1.10. The zero-order chi connectivity index (χ0) is 5.54. The Balaban J connectivity index is 3.09. The van der Waals surface area contributed by atoms with Gasteiger partial charge in [0.1, 0.15) is 0 Å². The summed E-state index contributed by atoms with van der Waals surface area (Å²) in [6.07, 6.45) is 7.77. The summed E-state index contributed by atoms with van der Waals surface area (Å²) < 4.78 is 0. The first kappa shape index (κ1) is 6.28. The van der Waals surface area contributed by atoms with Crippen LogP contribution in [-0.2, 0) is 0 Å². The molecule has 0 aliphatic rings. The molecule has 1 N–H and O–H groups in total. The van der Waals surface area contributed by atoms with Crippen molar-refractivity contribution in [2.75, 3.05) is 7.05 Å². The van der Waals surface area contributed by atoms with Gasteiger partial charge in [0.15, 0.2) is 0 Å². The van der Waals surface area contributed by atoms with E-state index in [4.69, 9.17) is 0 Å². The smallest absolute Gasteiger partial charge is 0.00277 e. The van der Waals surface area contributed by atoms with Crippen LogP contribution in [0.1, 0.15) is 6.92 Å². The van der Waals surface area contributed by atoms with Crippen LogP contribution in [0.5, 0.6) is 0 Å². The Morgan fingerprint density at radius 1 is 1.29 bits per heavy atom. The Kier molecular flexibility index (Phi) is 4.74. The number of hydrogen-bond acceptors (Lipinski definition) is 1. The molecule has 0 aliphatic heterocycles. The van der Waals surface area contributed by atoms with Crippen molar-refractivity contribution in [2.24, 2.45) is 0 Å². The summed E-state index contributed by atoms with van der Waals surface area (Å²) >= 11 is 0. The first-order valence-electron chi connectivity index (χ1n) is 2.37. The molecule has 1 heteroatoms. The minimum atomic E-state index is 1.88. The lowest BCUT2D eigenvalue weighted by Gasteiger charge is -1.77. The lowest BCUT2D eigenvalue weighted by Crippen LogP contribution is -1.89. The summed E-state index contributed by atoms with van der Waals surface area (Å²) in [5.41, 5.74) is 0. The van der Waals surface area contributed by atoms with Gasteiger partial charge in [0.05, 0.1) is 0 Å². The van der Waals surface area contributed by atoms with Crippen LogP contribution in [0.2, 0.25) is 0 Å². The van der Waals surface area contributed by atoms with Crippen LogP contribution in [0.25, 0.3) is 0 Å². The molecule has 0 aromatic rings. The Labute approximate surface area is 44.7 Å². The Bertz CT molecular complexity index is 72.2. The first-order chi connectivity index (χ1) is 3.41. The molecule has 1 nitrogen and oxygen atoms in total. The number of rotatable bonds is 2. The molecule has 0 saturated carbocycles. The van der Waals surface area contributed by atoms with Crippen molar-refractivity contribution in [3.8, 4) is 0 Å². The maximum Gasteiger partial charge on any atom is 0.00277 e. The van der Waals surface area contributed by atoms with E-state index in [1.165, 1.54) is 0 Å². The van der Waals surface area contributed by atoms with E-state index in [1.54, 1.807) is 0 Å². The largest absolute Gasteiger partial charge is 0.394 e. The molecule has 0 heterocycles. The normalized spacial score (nSPS) is 11.1. The second-order valence-electron chi connectivity index (χ2n) is 1.17. The van der Waals surface area contributed by atoms with Crippen LogP contribution in [0.15, 0.2) is 24.4 Å². The minimum absolute atomic E-state index is 1.88. The molecule has 0 saturated heterocycles. The summed E-state index contributed by atoms with van der Waals surface area (Å²) in [7, 11) is 1.88. The van der Waals surface area contributed by atoms with Gasteiger partial charge in [-0.3, -0.25) is 0 Å². The molecule has 0 unspecified atom stereocenters. The van der Waals surface area contributed by atoms with Crippen LogP contribution >= 0.6 is 0 Å². The average Bonchev–Trinajstić information content (AvgIpc) is 1.69. The van der Waals surface area contributed by atoms with Gasteiger partial charge in [0.2, 0.25) is 0 Å². The minimum Gasteiger partial charge on any atom is -0.394 e. The molecule has 0 atom stereocenters. The molecule has 0 bridgehead atoms. The van der Waals surface area contributed by atoms with Crippen molar-refractivity contribution in [2.45, 2.75) is 6.92 Å². The van der Waals surface area contributed by atoms with E-state index < -0.39 is 0 Å². The molecule has 0 fully saturated rings. The van der Waals surface area contributed by atoms with Crippen LogP contribution in [0, 0.1) is 0 Å². The SMILES string of the molecule is CC=C/C=C\NC.